The van der Waals surface area contributed by atoms with E-state index in [1.54, 1.807) is 7.05 Å². The quantitative estimate of drug-likeness (QED) is 0.182. The highest BCUT2D eigenvalue weighted by molar-refractivity contribution is 8.01. The van der Waals surface area contributed by atoms with Crippen molar-refractivity contribution < 1.29 is 24.2 Å². The lowest BCUT2D eigenvalue weighted by atomic mass is 9.98. The first kappa shape index (κ1) is 22.4. The molecule has 2 aliphatic rings. The van der Waals surface area contributed by atoms with E-state index >= 15 is 0 Å². The maximum atomic E-state index is 12.9. The van der Waals surface area contributed by atoms with Crippen molar-refractivity contribution in [3.05, 3.63) is 11.3 Å². The number of amides is 2. The molecule has 0 radical (unpaired) electrons. The van der Waals surface area contributed by atoms with Crippen LogP contribution < -0.4 is 10.4 Å². The monoisotopic (exact) mass is 470 g/mol. The van der Waals surface area contributed by atoms with Crippen LogP contribution in [0.5, 0.6) is 0 Å². The zero-order valence-corrected chi connectivity index (χ0v) is 18.3. The Hall–Kier alpha value is -2.28. The van der Waals surface area contributed by atoms with Crippen LogP contribution in [0.25, 0.3) is 0 Å². The SMILES string of the molecule is CO[C@@]1(NC(=O)CSCC#N)C(=O)N2C(C(=O)[O-])=C(CSc3nnnn3C)CSC21. The Morgan fingerprint density at radius 3 is 2.90 bits per heavy atom. The van der Waals surface area contributed by atoms with Gasteiger partial charge in [0.2, 0.25) is 11.1 Å². The number of fused-ring (bicyclic) bond motifs is 1. The molecule has 1 unspecified atom stereocenters. The number of aryl methyl sites for hydroxylation is 1. The second-order valence-corrected chi connectivity index (χ2v) is 9.09. The summed E-state index contributed by atoms with van der Waals surface area (Å²) in [5.74, 6) is -2.02. The molecule has 0 bridgehead atoms. The van der Waals surface area contributed by atoms with Crippen LogP contribution in [-0.2, 0) is 26.2 Å². The lowest BCUT2D eigenvalue weighted by Gasteiger charge is -2.56. The number of nitriles is 1. The standard InChI is InChI=1S/C15H17N7O5S3/c1-21-14(18-19-20-21)30-6-8-5-29-13-15(27-2,17-9(23)7-28-4-3-16)12(26)22(13)10(8)11(24)25/h13H,4-7H2,1-2H3,(H,17,23)(H,24,25)/p-1/t13?,15-/m0/s1. The first-order valence-corrected chi connectivity index (χ1v) is 11.6. The minimum Gasteiger partial charge on any atom is -0.543 e. The lowest BCUT2D eigenvalue weighted by molar-refractivity contribution is -0.302. The van der Waals surface area contributed by atoms with Crippen LogP contribution in [0.4, 0.5) is 0 Å². The molecule has 1 N–H and O–H groups in total. The topological polar surface area (TPSA) is 166 Å². The Balaban J connectivity index is 1.78. The molecular formula is C15H16N7O5S3-. The number of carbonyl (C=O) groups is 3. The molecule has 0 aliphatic carbocycles. The number of hydrogen-bond acceptors (Lipinski definition) is 12. The highest BCUT2D eigenvalue weighted by atomic mass is 32.2. The molecule has 2 amide bonds. The summed E-state index contributed by atoms with van der Waals surface area (Å²) in [6.45, 7) is 0. The number of carbonyl (C=O) groups excluding carboxylic acids is 3. The first-order chi connectivity index (χ1) is 14.4. The zero-order chi connectivity index (χ0) is 21.9. The molecule has 0 spiro atoms. The predicted molar refractivity (Wildman–Crippen MR) is 105 cm³/mol. The van der Waals surface area contributed by atoms with E-state index < -0.39 is 28.9 Å². The normalized spacial score (nSPS) is 22.9. The number of ether oxygens (including phenoxy) is 1. The number of β-lactam (4-membered cyclic amide) rings is 1. The van der Waals surface area contributed by atoms with Gasteiger partial charge in [-0.2, -0.15) is 5.26 Å². The van der Waals surface area contributed by atoms with Crippen LogP contribution in [0.2, 0.25) is 0 Å². The number of carboxylic acid groups (broad SMARTS) is 1. The van der Waals surface area contributed by atoms with E-state index in [9.17, 15) is 19.5 Å². The van der Waals surface area contributed by atoms with Gasteiger partial charge in [0.05, 0.1) is 29.2 Å². The maximum Gasteiger partial charge on any atom is 0.284 e. The number of aromatic nitrogens is 4. The average Bonchev–Trinajstić information content (AvgIpc) is 3.14. The molecule has 30 heavy (non-hydrogen) atoms. The lowest BCUT2D eigenvalue weighted by Crippen LogP contribution is -2.81. The Bertz CT molecular complexity index is 945. The molecule has 15 heteroatoms. The van der Waals surface area contributed by atoms with Gasteiger partial charge in [0, 0.05) is 25.7 Å². The van der Waals surface area contributed by atoms with E-state index in [-0.39, 0.29) is 23.0 Å². The van der Waals surface area contributed by atoms with Gasteiger partial charge < -0.3 is 20.0 Å². The van der Waals surface area contributed by atoms with E-state index in [1.807, 2.05) is 6.07 Å². The summed E-state index contributed by atoms with van der Waals surface area (Å²) in [7, 11) is 2.93. The summed E-state index contributed by atoms with van der Waals surface area (Å²) in [4.78, 5) is 38.0. The number of rotatable bonds is 9. The highest BCUT2D eigenvalue weighted by Gasteiger charge is 2.65. The molecule has 3 rings (SSSR count). The summed E-state index contributed by atoms with van der Waals surface area (Å²) in [5, 5.41) is 33.8. The van der Waals surface area contributed by atoms with Crippen molar-refractivity contribution in [3.63, 3.8) is 0 Å². The summed E-state index contributed by atoms with van der Waals surface area (Å²) in [6, 6.07) is 1.91. The number of thioether (sulfide) groups is 3. The minimum atomic E-state index is -1.66. The van der Waals surface area contributed by atoms with Crippen molar-refractivity contribution in [1.29, 1.82) is 5.26 Å². The molecular weight excluding hydrogens is 454 g/mol. The number of carboxylic acids is 1. The molecule has 1 aromatic rings. The van der Waals surface area contributed by atoms with E-state index in [0.29, 0.717) is 16.5 Å². The molecule has 2 aliphatic heterocycles. The summed E-state index contributed by atoms with van der Waals surface area (Å²) in [6.07, 6.45) is 0. The number of methoxy groups -OCH3 is 1. The number of nitrogens with zero attached hydrogens (tertiary/aromatic N) is 6. The molecule has 0 saturated carbocycles. The van der Waals surface area contributed by atoms with Crippen LogP contribution in [0.1, 0.15) is 0 Å². The van der Waals surface area contributed by atoms with E-state index in [2.05, 4.69) is 20.8 Å². The first-order valence-electron chi connectivity index (χ1n) is 8.40. The minimum absolute atomic E-state index is 0.0276. The average molecular weight is 471 g/mol. The molecule has 160 valence electrons. The van der Waals surface area contributed by atoms with Crippen molar-refractivity contribution in [2.24, 2.45) is 7.05 Å². The number of tetrazole rings is 1. The molecule has 12 nitrogen and oxygen atoms in total. The van der Waals surface area contributed by atoms with Crippen molar-refractivity contribution in [2.45, 2.75) is 16.3 Å². The fourth-order valence-electron chi connectivity index (χ4n) is 2.97. The molecule has 3 heterocycles. The summed E-state index contributed by atoms with van der Waals surface area (Å²) in [5.41, 5.74) is -1.41. The number of nitrogens with one attached hydrogen (secondary N) is 1. The molecule has 0 aromatic carbocycles. The van der Waals surface area contributed by atoms with Crippen LogP contribution in [0, 0.1) is 11.3 Å². The highest BCUT2D eigenvalue weighted by Crippen LogP contribution is 2.47. The predicted octanol–water partition coefficient (Wildman–Crippen LogP) is -2.06. The Morgan fingerprint density at radius 1 is 1.53 bits per heavy atom. The fourth-order valence-corrected chi connectivity index (χ4v) is 5.85. The van der Waals surface area contributed by atoms with Crippen molar-refractivity contribution >= 4 is 53.1 Å². The van der Waals surface area contributed by atoms with Gasteiger partial charge in [0.15, 0.2) is 0 Å². The molecule has 1 saturated heterocycles. The molecule has 2 atom stereocenters. The second-order valence-electron chi connectivity index (χ2n) is 6.09. The Kier molecular flexibility index (Phi) is 6.91. The van der Waals surface area contributed by atoms with Gasteiger partial charge in [-0.15, -0.1) is 28.6 Å². The Morgan fingerprint density at radius 2 is 2.30 bits per heavy atom. The summed E-state index contributed by atoms with van der Waals surface area (Å²) >= 11 is 3.60. The number of aliphatic carboxylic acids is 1. The van der Waals surface area contributed by atoms with Crippen LogP contribution in [0.15, 0.2) is 16.4 Å². The van der Waals surface area contributed by atoms with E-state index in [0.717, 1.165) is 16.7 Å². The second kappa shape index (κ2) is 9.25. The van der Waals surface area contributed by atoms with Crippen LogP contribution in [0.3, 0.4) is 0 Å². The third kappa shape index (κ3) is 4.00. The van der Waals surface area contributed by atoms with Crippen LogP contribution >= 0.6 is 35.3 Å². The number of hydrogen-bond donors (Lipinski definition) is 1. The summed E-state index contributed by atoms with van der Waals surface area (Å²) < 4.78 is 6.79. The van der Waals surface area contributed by atoms with Crippen molar-refractivity contribution in [3.8, 4) is 6.07 Å². The van der Waals surface area contributed by atoms with Gasteiger partial charge in [0.1, 0.15) is 5.37 Å². The van der Waals surface area contributed by atoms with Crippen molar-refractivity contribution in [2.75, 3.05) is 30.1 Å². The largest absolute Gasteiger partial charge is 0.543 e. The third-order valence-corrected chi connectivity index (χ3v) is 7.58. The van der Waals surface area contributed by atoms with Crippen LogP contribution in [-0.4, -0.2) is 84.1 Å². The Labute approximate surface area is 183 Å². The third-order valence-electron chi connectivity index (χ3n) is 4.31. The van der Waals surface area contributed by atoms with E-state index in [1.165, 1.54) is 35.3 Å². The van der Waals surface area contributed by atoms with Crippen molar-refractivity contribution in [1.82, 2.24) is 30.4 Å². The maximum absolute atomic E-state index is 12.9. The smallest absolute Gasteiger partial charge is 0.284 e. The van der Waals surface area contributed by atoms with Gasteiger partial charge in [-0.1, -0.05) is 11.8 Å². The molecule has 1 fully saturated rings. The van der Waals surface area contributed by atoms with Gasteiger partial charge in [-0.25, -0.2) is 4.68 Å². The molecule has 1 aromatic heterocycles. The fraction of sp³-hybridized carbons (Fsp3) is 0.533. The van der Waals surface area contributed by atoms with Gasteiger partial charge in [0.25, 0.3) is 11.6 Å². The van der Waals surface area contributed by atoms with E-state index in [4.69, 9.17) is 10.00 Å². The van der Waals surface area contributed by atoms with Gasteiger partial charge >= 0.3 is 0 Å². The van der Waals surface area contributed by atoms with Gasteiger partial charge in [-0.05, 0) is 16.0 Å². The zero-order valence-electron chi connectivity index (χ0n) is 15.9. The van der Waals surface area contributed by atoms with Gasteiger partial charge in [-0.3, -0.25) is 14.5 Å².